The lowest BCUT2D eigenvalue weighted by atomic mass is 10.1. The highest BCUT2D eigenvalue weighted by Gasteiger charge is 2.04. The van der Waals surface area contributed by atoms with Crippen molar-refractivity contribution < 1.29 is 4.42 Å². The van der Waals surface area contributed by atoms with Gasteiger partial charge in [0.2, 0.25) is 0 Å². The molecule has 0 aliphatic rings. The van der Waals surface area contributed by atoms with Crippen molar-refractivity contribution in [1.82, 2.24) is 4.98 Å². The van der Waals surface area contributed by atoms with Crippen LogP contribution in [0.3, 0.4) is 0 Å². The first-order valence-electron chi connectivity index (χ1n) is 4.02. The summed E-state index contributed by atoms with van der Waals surface area (Å²) in [6.45, 7) is 1.98. The average molecular weight is 174 g/mol. The van der Waals surface area contributed by atoms with Crippen molar-refractivity contribution in [3.05, 3.63) is 36.4 Å². The molecule has 0 spiro atoms. The lowest BCUT2D eigenvalue weighted by molar-refractivity contribution is 0.568. The summed E-state index contributed by atoms with van der Waals surface area (Å²) in [4.78, 5) is 4.24. The highest BCUT2D eigenvalue weighted by atomic mass is 16.3. The lowest BCUT2D eigenvalue weighted by Crippen LogP contribution is -1.91. The van der Waals surface area contributed by atoms with Crippen molar-refractivity contribution in [3.8, 4) is 11.3 Å². The number of nitrogens with zero attached hydrogens (tertiary/aromatic N) is 1. The third-order valence-corrected chi connectivity index (χ3v) is 1.89. The van der Waals surface area contributed by atoms with E-state index in [9.17, 15) is 0 Å². The highest BCUT2D eigenvalue weighted by Crippen LogP contribution is 2.22. The SMILES string of the molecule is Cc1cc(N)cnc1-c1ccoc1. The number of nitrogen functional groups attached to an aromatic ring is 1. The summed E-state index contributed by atoms with van der Waals surface area (Å²) in [5, 5.41) is 0. The van der Waals surface area contributed by atoms with Crippen molar-refractivity contribution in [1.29, 1.82) is 0 Å². The molecule has 13 heavy (non-hydrogen) atoms. The van der Waals surface area contributed by atoms with E-state index in [1.165, 1.54) is 0 Å². The number of hydrogen-bond acceptors (Lipinski definition) is 3. The molecule has 0 atom stereocenters. The maximum Gasteiger partial charge on any atom is 0.0996 e. The topological polar surface area (TPSA) is 52.0 Å². The van der Waals surface area contributed by atoms with E-state index in [-0.39, 0.29) is 0 Å². The second-order valence-corrected chi connectivity index (χ2v) is 2.95. The molecule has 0 radical (unpaired) electrons. The number of aryl methyl sites for hydroxylation is 1. The first-order chi connectivity index (χ1) is 6.27. The third kappa shape index (κ3) is 1.40. The summed E-state index contributed by atoms with van der Waals surface area (Å²) < 4.78 is 4.98. The zero-order chi connectivity index (χ0) is 9.26. The maximum absolute atomic E-state index is 5.59. The fourth-order valence-electron chi connectivity index (χ4n) is 1.30. The van der Waals surface area contributed by atoms with Crippen LogP contribution in [0.2, 0.25) is 0 Å². The number of rotatable bonds is 1. The number of pyridine rings is 1. The van der Waals surface area contributed by atoms with Gasteiger partial charge in [-0.25, -0.2) is 0 Å². The molecular weight excluding hydrogens is 164 g/mol. The first-order valence-corrected chi connectivity index (χ1v) is 4.02. The molecule has 2 aromatic rings. The minimum Gasteiger partial charge on any atom is -0.472 e. The zero-order valence-electron chi connectivity index (χ0n) is 7.32. The van der Waals surface area contributed by atoms with Gasteiger partial charge >= 0.3 is 0 Å². The number of nitrogens with two attached hydrogens (primary N) is 1. The summed E-state index contributed by atoms with van der Waals surface area (Å²) in [5.74, 6) is 0. The van der Waals surface area contributed by atoms with Crippen molar-refractivity contribution >= 4 is 5.69 Å². The molecule has 2 aromatic heterocycles. The van der Waals surface area contributed by atoms with Gasteiger partial charge in [-0.1, -0.05) is 0 Å². The van der Waals surface area contributed by atoms with Crippen LogP contribution in [0.4, 0.5) is 5.69 Å². The Bertz CT molecular complexity index is 407. The third-order valence-electron chi connectivity index (χ3n) is 1.89. The standard InChI is InChI=1S/C10H10N2O/c1-7-4-9(11)5-12-10(7)8-2-3-13-6-8/h2-6H,11H2,1H3. The van der Waals surface area contributed by atoms with Gasteiger partial charge < -0.3 is 10.2 Å². The molecule has 2 rings (SSSR count). The Morgan fingerprint density at radius 2 is 2.31 bits per heavy atom. The van der Waals surface area contributed by atoms with Gasteiger partial charge in [-0.05, 0) is 24.6 Å². The highest BCUT2D eigenvalue weighted by molar-refractivity contribution is 5.63. The first kappa shape index (κ1) is 7.86. The van der Waals surface area contributed by atoms with Gasteiger partial charge in [0.05, 0.1) is 30.1 Å². The fraction of sp³-hybridized carbons (Fsp3) is 0.100. The Balaban J connectivity index is 2.53. The second kappa shape index (κ2) is 2.94. The smallest absolute Gasteiger partial charge is 0.0996 e. The molecule has 0 amide bonds. The molecule has 3 heteroatoms. The van der Waals surface area contributed by atoms with Gasteiger partial charge in [0.1, 0.15) is 0 Å². The molecule has 0 aliphatic heterocycles. The second-order valence-electron chi connectivity index (χ2n) is 2.95. The molecule has 0 saturated carbocycles. The van der Waals surface area contributed by atoms with Crippen LogP contribution in [0.25, 0.3) is 11.3 Å². The molecular formula is C10H10N2O. The van der Waals surface area contributed by atoms with E-state index >= 15 is 0 Å². The van der Waals surface area contributed by atoms with Gasteiger partial charge in [-0.3, -0.25) is 4.98 Å². The van der Waals surface area contributed by atoms with Crippen LogP contribution in [-0.2, 0) is 0 Å². The van der Waals surface area contributed by atoms with Gasteiger partial charge in [0.15, 0.2) is 0 Å². The zero-order valence-corrected chi connectivity index (χ0v) is 7.32. The van der Waals surface area contributed by atoms with E-state index in [0.717, 1.165) is 16.8 Å². The van der Waals surface area contributed by atoms with E-state index < -0.39 is 0 Å². The van der Waals surface area contributed by atoms with Crippen LogP contribution in [0.5, 0.6) is 0 Å². The normalized spacial score (nSPS) is 10.2. The average Bonchev–Trinajstić information content (AvgIpc) is 2.56. The van der Waals surface area contributed by atoms with Gasteiger partial charge in [0, 0.05) is 5.56 Å². The van der Waals surface area contributed by atoms with Crippen molar-refractivity contribution in [2.45, 2.75) is 6.92 Å². The summed E-state index contributed by atoms with van der Waals surface area (Å²) >= 11 is 0. The van der Waals surface area contributed by atoms with Gasteiger partial charge in [-0.15, -0.1) is 0 Å². The van der Waals surface area contributed by atoms with Crippen LogP contribution in [0, 0.1) is 6.92 Å². The van der Waals surface area contributed by atoms with Crippen molar-refractivity contribution in [2.75, 3.05) is 5.73 Å². The van der Waals surface area contributed by atoms with E-state index in [4.69, 9.17) is 10.2 Å². The van der Waals surface area contributed by atoms with Crippen LogP contribution in [0.15, 0.2) is 35.3 Å². The summed E-state index contributed by atoms with van der Waals surface area (Å²) in [6, 6.07) is 3.78. The maximum atomic E-state index is 5.59. The molecule has 0 unspecified atom stereocenters. The van der Waals surface area contributed by atoms with Crippen molar-refractivity contribution in [3.63, 3.8) is 0 Å². The minimum absolute atomic E-state index is 0.685. The molecule has 0 bridgehead atoms. The van der Waals surface area contributed by atoms with Crippen LogP contribution < -0.4 is 5.73 Å². The summed E-state index contributed by atoms with van der Waals surface area (Å²) in [6.07, 6.45) is 4.95. The van der Waals surface area contributed by atoms with Gasteiger partial charge in [-0.2, -0.15) is 0 Å². The van der Waals surface area contributed by atoms with Gasteiger partial charge in [0.25, 0.3) is 0 Å². The molecule has 66 valence electrons. The molecule has 0 saturated heterocycles. The molecule has 0 fully saturated rings. The number of hydrogen-bond donors (Lipinski definition) is 1. The Kier molecular flexibility index (Phi) is 1.77. The monoisotopic (exact) mass is 174 g/mol. The number of anilines is 1. The number of aromatic nitrogens is 1. The minimum atomic E-state index is 0.685. The van der Waals surface area contributed by atoms with E-state index in [1.807, 2.05) is 19.1 Å². The Labute approximate surface area is 76.2 Å². The van der Waals surface area contributed by atoms with E-state index in [0.29, 0.717) is 5.69 Å². The van der Waals surface area contributed by atoms with E-state index in [1.54, 1.807) is 18.7 Å². The molecule has 0 aromatic carbocycles. The van der Waals surface area contributed by atoms with Crippen molar-refractivity contribution in [2.24, 2.45) is 0 Å². The Morgan fingerprint density at radius 1 is 1.46 bits per heavy atom. The number of furan rings is 1. The Morgan fingerprint density at radius 3 is 2.92 bits per heavy atom. The largest absolute Gasteiger partial charge is 0.472 e. The summed E-state index contributed by atoms with van der Waals surface area (Å²) in [5.41, 5.74) is 9.24. The predicted octanol–water partition coefficient (Wildman–Crippen LogP) is 2.23. The Hall–Kier alpha value is -1.77. The quantitative estimate of drug-likeness (QED) is 0.721. The molecule has 3 nitrogen and oxygen atoms in total. The van der Waals surface area contributed by atoms with Crippen LogP contribution >= 0.6 is 0 Å². The van der Waals surface area contributed by atoms with Crippen LogP contribution in [0.1, 0.15) is 5.56 Å². The molecule has 2 N–H and O–H groups in total. The van der Waals surface area contributed by atoms with E-state index in [2.05, 4.69) is 4.98 Å². The fourth-order valence-corrected chi connectivity index (χ4v) is 1.30. The lowest BCUT2D eigenvalue weighted by Gasteiger charge is -2.01. The van der Waals surface area contributed by atoms with Crippen LogP contribution in [-0.4, -0.2) is 4.98 Å². The molecule has 2 heterocycles. The molecule has 0 aliphatic carbocycles. The summed E-state index contributed by atoms with van der Waals surface area (Å²) in [7, 11) is 0. The predicted molar refractivity (Wildman–Crippen MR) is 51.1 cm³/mol.